The van der Waals surface area contributed by atoms with Gasteiger partial charge in [0.15, 0.2) is 5.69 Å². The summed E-state index contributed by atoms with van der Waals surface area (Å²) in [6.07, 6.45) is 0.563. The minimum absolute atomic E-state index is 0.0785. The second-order valence-corrected chi connectivity index (χ2v) is 5.76. The molecule has 11 heteroatoms. The molecule has 4 N–H and O–H groups in total. The van der Waals surface area contributed by atoms with Crippen LogP contribution in [0, 0.1) is 0 Å². The third-order valence-electron chi connectivity index (χ3n) is 4.36. The molecule has 0 radical (unpaired) electrons. The highest BCUT2D eigenvalue weighted by Gasteiger charge is 2.48. The fourth-order valence-electron chi connectivity index (χ4n) is 2.98. The summed E-state index contributed by atoms with van der Waals surface area (Å²) in [4.78, 5) is 51.8. The van der Waals surface area contributed by atoms with Crippen molar-refractivity contribution in [1.29, 1.82) is 0 Å². The Bertz CT molecular complexity index is 808. The third-order valence-corrected chi connectivity index (χ3v) is 4.36. The molecular weight excluding hydrogens is 322 g/mol. The Hall–Kier alpha value is -3.11. The van der Waals surface area contributed by atoms with Crippen molar-refractivity contribution in [3.8, 4) is 5.75 Å². The van der Waals surface area contributed by atoms with Crippen LogP contribution in [0.15, 0.2) is 4.79 Å². The average molecular weight is 337 g/mol. The lowest BCUT2D eigenvalue weighted by atomic mass is 9.88. The molecule has 2 aliphatic rings. The highest BCUT2D eigenvalue weighted by molar-refractivity contribution is 6.07. The van der Waals surface area contributed by atoms with E-state index in [0.717, 1.165) is 4.57 Å². The van der Waals surface area contributed by atoms with Gasteiger partial charge in [-0.3, -0.25) is 19.5 Å². The van der Waals surface area contributed by atoms with Gasteiger partial charge in [0.25, 0.3) is 11.5 Å². The number of aromatic hydroxyl groups is 1. The number of piperidine rings is 1. The second-order valence-electron chi connectivity index (χ2n) is 5.76. The molecule has 3 amide bonds. The number of carboxylic acid groups (broad SMARTS) is 1. The van der Waals surface area contributed by atoms with Gasteiger partial charge in [-0.1, -0.05) is 0 Å². The van der Waals surface area contributed by atoms with E-state index in [-0.39, 0.29) is 31.9 Å². The maximum Gasteiger partial charge on any atom is 0.358 e. The number of nitrogens with zero attached hydrogens (tertiary/aromatic N) is 3. The van der Waals surface area contributed by atoms with Crippen molar-refractivity contribution >= 4 is 23.9 Å². The van der Waals surface area contributed by atoms with Crippen molar-refractivity contribution in [3.05, 3.63) is 16.0 Å². The molecule has 24 heavy (non-hydrogen) atoms. The van der Waals surface area contributed by atoms with Crippen LogP contribution in [0.1, 0.15) is 23.3 Å². The van der Waals surface area contributed by atoms with E-state index in [1.54, 1.807) is 4.90 Å². The van der Waals surface area contributed by atoms with Gasteiger partial charge in [-0.2, -0.15) is 0 Å². The molecule has 1 aromatic rings. The summed E-state index contributed by atoms with van der Waals surface area (Å²) in [5.74, 6) is -2.76. The number of carbonyl (C=O) groups excluding carboxylic acids is 2. The van der Waals surface area contributed by atoms with Gasteiger partial charge in [-0.15, -0.1) is 0 Å². The summed E-state index contributed by atoms with van der Waals surface area (Å²) in [5.41, 5.74) is -2.58. The lowest BCUT2D eigenvalue weighted by molar-refractivity contribution is -0.124. The topological polar surface area (TPSA) is 154 Å². The molecule has 3 rings (SSSR count). The molecule has 0 aromatic carbocycles. The summed E-state index contributed by atoms with van der Waals surface area (Å²) in [6, 6.07) is -0.545. The number of carboxylic acids is 1. The summed E-state index contributed by atoms with van der Waals surface area (Å²) >= 11 is 0. The van der Waals surface area contributed by atoms with E-state index in [2.05, 4.69) is 15.6 Å². The van der Waals surface area contributed by atoms with Gasteiger partial charge < -0.3 is 20.4 Å². The number of aromatic nitrogens is 2. The third kappa shape index (κ3) is 2.25. The first-order valence-corrected chi connectivity index (χ1v) is 7.17. The molecule has 0 atom stereocenters. The van der Waals surface area contributed by atoms with Crippen LogP contribution in [0.2, 0.25) is 0 Å². The fraction of sp³-hybridized carbons (Fsp3) is 0.462. The second kappa shape index (κ2) is 5.22. The maximum atomic E-state index is 12.0. The number of anilines is 1. The largest absolute Gasteiger partial charge is 0.501 e. The van der Waals surface area contributed by atoms with Crippen molar-refractivity contribution in [2.45, 2.75) is 18.4 Å². The summed E-state index contributed by atoms with van der Waals surface area (Å²) in [5, 5.41) is 23.5. The Kier molecular flexibility index (Phi) is 3.43. The summed E-state index contributed by atoms with van der Waals surface area (Å²) in [6.45, 7) is 0.551. The number of nitrogens with one attached hydrogen (secondary N) is 2. The number of urea groups is 1. The van der Waals surface area contributed by atoms with Crippen LogP contribution in [0.25, 0.3) is 0 Å². The normalized spacial score (nSPS) is 19.3. The monoisotopic (exact) mass is 337 g/mol. The van der Waals surface area contributed by atoms with Crippen molar-refractivity contribution in [2.24, 2.45) is 7.05 Å². The van der Waals surface area contributed by atoms with Gasteiger partial charge in [-0.25, -0.2) is 14.6 Å². The van der Waals surface area contributed by atoms with E-state index in [9.17, 15) is 24.3 Å². The van der Waals surface area contributed by atoms with Crippen LogP contribution in [0.4, 0.5) is 10.7 Å². The first kappa shape index (κ1) is 15.8. The fourth-order valence-corrected chi connectivity index (χ4v) is 2.98. The van der Waals surface area contributed by atoms with Crippen LogP contribution in [-0.4, -0.2) is 56.3 Å². The van der Waals surface area contributed by atoms with Crippen LogP contribution < -0.4 is 21.1 Å². The minimum atomic E-state index is -1.51. The highest BCUT2D eigenvalue weighted by Crippen LogP contribution is 2.28. The van der Waals surface area contributed by atoms with E-state index in [4.69, 9.17) is 5.11 Å². The number of hydrogen-bond donors (Lipinski definition) is 4. The van der Waals surface area contributed by atoms with Gasteiger partial charge in [0.2, 0.25) is 11.7 Å². The number of amides is 3. The van der Waals surface area contributed by atoms with E-state index in [1.807, 2.05) is 0 Å². The Morgan fingerprint density at radius 2 is 1.88 bits per heavy atom. The molecule has 0 unspecified atom stereocenters. The van der Waals surface area contributed by atoms with E-state index >= 15 is 0 Å². The van der Waals surface area contributed by atoms with Gasteiger partial charge in [0, 0.05) is 20.1 Å². The van der Waals surface area contributed by atoms with Crippen molar-refractivity contribution in [1.82, 2.24) is 20.2 Å². The standard InChI is InChI=1S/C13H15N5O6/c1-17-8(20)7(19)6(9(21)22)14-12(17)18-4-2-13(3-5-18)10(23)15-11(24)16-13/h19H,2-5H2,1H3,(H,21,22)(H2,15,16,23,24). The SMILES string of the molecule is Cn1c(N2CCC3(CC2)NC(=O)NC3=O)nc(C(=O)O)c(O)c1=O. The van der Waals surface area contributed by atoms with Gasteiger partial charge in [0.05, 0.1) is 0 Å². The minimum Gasteiger partial charge on any atom is -0.501 e. The molecule has 2 saturated heterocycles. The number of carbonyl (C=O) groups is 3. The number of imide groups is 1. The smallest absolute Gasteiger partial charge is 0.358 e. The van der Waals surface area contributed by atoms with Crippen molar-refractivity contribution in [3.63, 3.8) is 0 Å². The Morgan fingerprint density at radius 3 is 2.38 bits per heavy atom. The number of aromatic carboxylic acids is 1. The quantitative estimate of drug-likeness (QED) is 0.469. The lowest BCUT2D eigenvalue weighted by Gasteiger charge is -2.37. The Balaban J connectivity index is 1.90. The zero-order valence-corrected chi connectivity index (χ0v) is 12.7. The lowest BCUT2D eigenvalue weighted by Crippen LogP contribution is -2.55. The first-order chi connectivity index (χ1) is 11.2. The van der Waals surface area contributed by atoms with Crippen LogP contribution in [0.3, 0.4) is 0 Å². The van der Waals surface area contributed by atoms with Gasteiger partial charge in [-0.05, 0) is 12.8 Å². The predicted octanol–water partition coefficient (Wildman–Crippen LogP) is -1.64. The molecule has 2 fully saturated rings. The average Bonchev–Trinajstić information content (AvgIpc) is 2.80. The summed E-state index contributed by atoms with van der Waals surface area (Å²) in [7, 11) is 1.37. The number of rotatable bonds is 2. The molecule has 128 valence electrons. The Morgan fingerprint density at radius 1 is 1.25 bits per heavy atom. The van der Waals surface area contributed by atoms with Gasteiger partial charge in [0.1, 0.15) is 5.54 Å². The summed E-state index contributed by atoms with van der Waals surface area (Å²) < 4.78 is 1.05. The van der Waals surface area contributed by atoms with Crippen molar-refractivity contribution in [2.75, 3.05) is 18.0 Å². The van der Waals surface area contributed by atoms with E-state index in [1.165, 1.54) is 7.05 Å². The maximum absolute atomic E-state index is 12.0. The molecule has 0 aliphatic carbocycles. The van der Waals surface area contributed by atoms with Crippen LogP contribution >= 0.6 is 0 Å². The van der Waals surface area contributed by atoms with Crippen molar-refractivity contribution < 1.29 is 24.6 Å². The first-order valence-electron chi connectivity index (χ1n) is 7.17. The predicted molar refractivity (Wildman–Crippen MR) is 79.0 cm³/mol. The molecule has 11 nitrogen and oxygen atoms in total. The zero-order chi connectivity index (χ0) is 17.6. The molecule has 0 bridgehead atoms. The van der Waals surface area contributed by atoms with E-state index in [0.29, 0.717) is 0 Å². The Labute approximate surface area is 134 Å². The van der Waals surface area contributed by atoms with Gasteiger partial charge >= 0.3 is 12.0 Å². The number of hydrogen-bond acceptors (Lipinski definition) is 7. The molecule has 1 aromatic heterocycles. The molecule has 2 aliphatic heterocycles. The van der Waals surface area contributed by atoms with E-state index < -0.39 is 40.4 Å². The van der Waals surface area contributed by atoms with Crippen LogP contribution in [0.5, 0.6) is 5.75 Å². The highest BCUT2D eigenvalue weighted by atomic mass is 16.4. The molecule has 1 spiro atoms. The molecule has 0 saturated carbocycles. The van der Waals surface area contributed by atoms with Crippen LogP contribution in [-0.2, 0) is 11.8 Å². The molecular formula is C13H15N5O6. The zero-order valence-electron chi connectivity index (χ0n) is 12.7. The molecule has 3 heterocycles.